The van der Waals surface area contributed by atoms with Crippen LogP contribution in [0.1, 0.15) is 39.4 Å². The number of aryl methyl sites for hydroxylation is 1. The van der Waals surface area contributed by atoms with Crippen molar-refractivity contribution in [3.8, 4) is 0 Å². The summed E-state index contributed by atoms with van der Waals surface area (Å²) in [7, 11) is 0. The lowest BCUT2D eigenvalue weighted by atomic mass is 9.92. The number of benzene rings is 1. The van der Waals surface area contributed by atoms with Crippen LogP contribution in [0.5, 0.6) is 0 Å². The summed E-state index contributed by atoms with van der Waals surface area (Å²) in [5, 5.41) is 4.18. The molecule has 3 aromatic rings. The van der Waals surface area contributed by atoms with Crippen LogP contribution in [0, 0.1) is 6.92 Å². The van der Waals surface area contributed by atoms with Crippen LogP contribution in [-0.4, -0.2) is 65.3 Å². The van der Waals surface area contributed by atoms with E-state index < -0.39 is 0 Å². The number of hydrogen-bond acceptors (Lipinski definition) is 5. The molecule has 2 aromatic heterocycles. The van der Waals surface area contributed by atoms with Gasteiger partial charge in [0.2, 0.25) is 11.8 Å². The average molecular weight is 494 g/mol. The number of rotatable bonds is 5. The number of hydrogen-bond donors (Lipinski definition) is 0. The molecule has 34 heavy (non-hydrogen) atoms. The second kappa shape index (κ2) is 10.0. The molecule has 2 aliphatic heterocycles. The van der Waals surface area contributed by atoms with Gasteiger partial charge in [0.15, 0.2) is 0 Å². The van der Waals surface area contributed by atoms with E-state index in [0.29, 0.717) is 32.6 Å². The molecule has 5 rings (SSSR count). The van der Waals surface area contributed by atoms with Gasteiger partial charge >= 0.3 is 0 Å². The standard InChI is InChI=1S/C27H31N3O2S2/c1-19-5-7-21(8-6-19)27-23-10-15-34-24(23)9-11-29(27)18-26(32)28-12-13-30(20(2)17-28)25(31)16-22-4-3-14-33-22/h3-8,10,14-15,20,27H,9,11-13,16-18H2,1-2H3/t20-,27+/m0/s1. The molecule has 2 amide bonds. The number of fused-ring (bicyclic) bond motifs is 1. The van der Waals surface area contributed by atoms with Gasteiger partial charge in [0.05, 0.1) is 19.0 Å². The molecule has 4 heterocycles. The Hall–Kier alpha value is -2.48. The summed E-state index contributed by atoms with van der Waals surface area (Å²) in [6, 6.07) is 15.1. The minimum Gasteiger partial charge on any atom is -0.338 e. The molecule has 1 aromatic carbocycles. The fourth-order valence-electron chi connectivity index (χ4n) is 5.17. The van der Waals surface area contributed by atoms with Crippen molar-refractivity contribution in [2.45, 2.75) is 38.8 Å². The summed E-state index contributed by atoms with van der Waals surface area (Å²) >= 11 is 3.44. The quantitative estimate of drug-likeness (QED) is 0.530. The third kappa shape index (κ3) is 4.83. The predicted octanol–water partition coefficient (Wildman–Crippen LogP) is 4.37. The van der Waals surface area contributed by atoms with Crippen molar-refractivity contribution in [2.75, 3.05) is 32.7 Å². The predicted molar refractivity (Wildman–Crippen MR) is 138 cm³/mol. The minimum absolute atomic E-state index is 0.0305. The van der Waals surface area contributed by atoms with Gasteiger partial charge in [0.1, 0.15) is 0 Å². The highest BCUT2D eigenvalue weighted by Crippen LogP contribution is 2.37. The third-order valence-electron chi connectivity index (χ3n) is 7.00. The zero-order chi connectivity index (χ0) is 23.7. The van der Waals surface area contributed by atoms with Crippen LogP contribution < -0.4 is 0 Å². The Morgan fingerprint density at radius 2 is 1.79 bits per heavy atom. The molecule has 0 unspecified atom stereocenters. The zero-order valence-electron chi connectivity index (χ0n) is 19.8. The second-order valence-corrected chi connectivity index (χ2v) is 11.4. The molecule has 7 heteroatoms. The van der Waals surface area contributed by atoms with Crippen molar-refractivity contribution in [3.05, 3.63) is 79.7 Å². The first-order valence-corrected chi connectivity index (χ1v) is 13.7. The van der Waals surface area contributed by atoms with E-state index in [1.54, 1.807) is 11.3 Å². The number of amides is 2. The average Bonchev–Trinajstić information content (AvgIpc) is 3.51. The first-order chi connectivity index (χ1) is 16.5. The van der Waals surface area contributed by atoms with Crippen molar-refractivity contribution >= 4 is 34.5 Å². The SMILES string of the molecule is Cc1ccc([C@@H]2c3ccsc3CCN2CC(=O)N2CCN(C(=O)Cc3cccs3)[C@@H](C)C2)cc1. The summed E-state index contributed by atoms with van der Waals surface area (Å²) in [6.45, 7) is 7.25. The van der Waals surface area contributed by atoms with Gasteiger partial charge in [-0.1, -0.05) is 35.9 Å². The summed E-state index contributed by atoms with van der Waals surface area (Å²) in [4.78, 5) is 35.0. The number of piperazine rings is 1. The van der Waals surface area contributed by atoms with Crippen molar-refractivity contribution in [3.63, 3.8) is 0 Å². The van der Waals surface area contributed by atoms with Crippen LogP contribution in [0.15, 0.2) is 53.2 Å². The largest absolute Gasteiger partial charge is 0.338 e. The Balaban J connectivity index is 1.25. The highest BCUT2D eigenvalue weighted by molar-refractivity contribution is 7.10. The normalized spacial score (nSPS) is 20.9. The van der Waals surface area contributed by atoms with E-state index in [4.69, 9.17) is 0 Å². The van der Waals surface area contributed by atoms with E-state index in [0.717, 1.165) is 17.8 Å². The van der Waals surface area contributed by atoms with Gasteiger partial charge in [0.25, 0.3) is 0 Å². The Kier molecular flexibility index (Phi) is 6.86. The highest BCUT2D eigenvalue weighted by atomic mass is 32.1. The molecule has 0 bridgehead atoms. The molecular formula is C27H31N3O2S2. The van der Waals surface area contributed by atoms with E-state index in [1.165, 1.54) is 21.6 Å². The van der Waals surface area contributed by atoms with Gasteiger partial charge in [-0.2, -0.15) is 0 Å². The van der Waals surface area contributed by atoms with E-state index >= 15 is 0 Å². The molecule has 0 spiro atoms. The van der Waals surface area contributed by atoms with Crippen LogP contribution in [0.4, 0.5) is 0 Å². The molecular weight excluding hydrogens is 462 g/mol. The molecule has 1 fully saturated rings. The molecule has 0 saturated carbocycles. The highest BCUT2D eigenvalue weighted by Gasteiger charge is 2.34. The molecule has 0 aliphatic carbocycles. The van der Waals surface area contributed by atoms with Crippen LogP contribution in [0.25, 0.3) is 0 Å². The fourth-order valence-corrected chi connectivity index (χ4v) is 6.77. The van der Waals surface area contributed by atoms with Gasteiger partial charge in [-0.25, -0.2) is 0 Å². The van der Waals surface area contributed by atoms with Crippen molar-refractivity contribution in [1.29, 1.82) is 0 Å². The first kappa shape index (κ1) is 23.3. The summed E-state index contributed by atoms with van der Waals surface area (Å²) in [5.41, 5.74) is 3.83. The van der Waals surface area contributed by atoms with Crippen LogP contribution in [0.2, 0.25) is 0 Å². The maximum Gasteiger partial charge on any atom is 0.236 e. The number of nitrogens with zero attached hydrogens (tertiary/aromatic N) is 3. The third-order valence-corrected chi connectivity index (χ3v) is 8.88. The molecule has 2 aliphatic rings. The minimum atomic E-state index is 0.0305. The maximum absolute atomic E-state index is 13.4. The van der Waals surface area contributed by atoms with E-state index in [-0.39, 0.29) is 23.9 Å². The maximum atomic E-state index is 13.4. The first-order valence-electron chi connectivity index (χ1n) is 12.0. The van der Waals surface area contributed by atoms with Gasteiger partial charge in [0, 0.05) is 42.0 Å². The summed E-state index contributed by atoms with van der Waals surface area (Å²) in [5.74, 6) is 0.315. The lowest BCUT2D eigenvalue weighted by Gasteiger charge is -2.42. The Bertz CT molecular complexity index is 1140. The molecule has 5 nitrogen and oxygen atoms in total. The van der Waals surface area contributed by atoms with Crippen molar-refractivity contribution in [2.24, 2.45) is 0 Å². The Morgan fingerprint density at radius 3 is 2.53 bits per heavy atom. The van der Waals surface area contributed by atoms with E-state index in [2.05, 4.69) is 54.5 Å². The zero-order valence-corrected chi connectivity index (χ0v) is 21.4. The van der Waals surface area contributed by atoms with Crippen LogP contribution in [0.3, 0.4) is 0 Å². The molecule has 2 atom stereocenters. The summed E-state index contributed by atoms with van der Waals surface area (Å²) < 4.78 is 0. The Morgan fingerprint density at radius 1 is 0.971 bits per heavy atom. The van der Waals surface area contributed by atoms with Crippen molar-refractivity contribution < 1.29 is 9.59 Å². The Labute approximate surface area is 209 Å². The monoisotopic (exact) mass is 493 g/mol. The number of carbonyl (C=O) groups is 2. The van der Waals surface area contributed by atoms with E-state index in [1.807, 2.05) is 38.6 Å². The van der Waals surface area contributed by atoms with Crippen molar-refractivity contribution in [1.82, 2.24) is 14.7 Å². The summed E-state index contributed by atoms with van der Waals surface area (Å²) in [6.07, 6.45) is 1.44. The smallest absolute Gasteiger partial charge is 0.236 e. The van der Waals surface area contributed by atoms with Gasteiger partial charge in [-0.05, 0) is 54.3 Å². The molecule has 0 N–H and O–H groups in total. The lowest BCUT2D eigenvalue weighted by Crippen LogP contribution is -2.57. The van der Waals surface area contributed by atoms with Gasteiger partial charge < -0.3 is 9.80 Å². The molecule has 1 saturated heterocycles. The number of carbonyl (C=O) groups excluding carboxylic acids is 2. The molecule has 0 radical (unpaired) electrons. The topological polar surface area (TPSA) is 43.9 Å². The number of thiophene rings is 2. The second-order valence-electron chi connectivity index (χ2n) is 9.36. The van der Waals surface area contributed by atoms with Crippen LogP contribution >= 0.6 is 22.7 Å². The van der Waals surface area contributed by atoms with E-state index in [9.17, 15) is 9.59 Å². The van der Waals surface area contributed by atoms with Gasteiger partial charge in [-0.3, -0.25) is 14.5 Å². The van der Waals surface area contributed by atoms with Crippen LogP contribution in [-0.2, 0) is 22.4 Å². The lowest BCUT2D eigenvalue weighted by molar-refractivity contribution is -0.143. The van der Waals surface area contributed by atoms with Gasteiger partial charge in [-0.15, -0.1) is 22.7 Å². The fraction of sp³-hybridized carbons (Fsp3) is 0.407. The molecule has 178 valence electrons.